The first-order valence-electron chi connectivity index (χ1n) is 9.17. The minimum atomic E-state index is -3.50. The normalized spacial score (nSPS) is 16.2. The molecule has 0 aromatic heterocycles. The molecule has 0 saturated carbocycles. The van der Waals surface area contributed by atoms with E-state index in [1.165, 1.54) is 9.71 Å². The minimum Gasteiger partial charge on any atom is -0.495 e. The van der Waals surface area contributed by atoms with Crippen LogP contribution in [0.1, 0.15) is 18.4 Å². The number of amides is 1. The summed E-state index contributed by atoms with van der Waals surface area (Å²) in [5, 5.41) is 4.12. The van der Waals surface area contributed by atoms with Crippen LogP contribution in [0.5, 0.6) is 5.75 Å². The van der Waals surface area contributed by atoms with Crippen LogP contribution >= 0.6 is 0 Å². The lowest BCUT2D eigenvalue weighted by atomic mass is 9.97. The Bertz CT molecular complexity index is 934. The van der Waals surface area contributed by atoms with Gasteiger partial charge in [-0.2, -0.15) is 4.31 Å². The number of hydrogen-bond acceptors (Lipinski definition) is 4. The van der Waals surface area contributed by atoms with Crippen molar-refractivity contribution in [3.8, 4) is 5.75 Å². The smallest absolute Gasteiger partial charge is 0.236 e. The lowest BCUT2D eigenvalue weighted by Gasteiger charge is -2.29. The number of rotatable bonds is 6. The van der Waals surface area contributed by atoms with Gasteiger partial charge in [-0.15, -0.1) is 0 Å². The number of piperidine rings is 1. The largest absolute Gasteiger partial charge is 0.495 e. The van der Waals surface area contributed by atoms with Crippen LogP contribution in [0.4, 0.5) is 5.69 Å². The summed E-state index contributed by atoms with van der Waals surface area (Å²) in [5.41, 5.74) is 1.45. The topological polar surface area (TPSA) is 75.7 Å². The Morgan fingerprint density at radius 2 is 1.71 bits per heavy atom. The van der Waals surface area contributed by atoms with Crippen LogP contribution in [0, 0.1) is 5.92 Å². The van der Waals surface area contributed by atoms with Crippen molar-refractivity contribution in [2.24, 2.45) is 5.92 Å². The molecule has 2 aromatic rings. The lowest BCUT2D eigenvalue weighted by molar-refractivity contribution is -0.120. The number of methoxy groups -OCH3 is 1. The van der Waals surface area contributed by atoms with E-state index in [0.717, 1.165) is 5.56 Å². The van der Waals surface area contributed by atoms with E-state index in [1.54, 1.807) is 25.3 Å². The summed E-state index contributed by atoms with van der Waals surface area (Å²) in [5.74, 6) is 0.262. The van der Waals surface area contributed by atoms with Crippen LogP contribution in [-0.2, 0) is 14.8 Å². The molecule has 0 bridgehead atoms. The highest BCUT2D eigenvalue weighted by Crippen LogP contribution is 2.26. The van der Waals surface area contributed by atoms with Gasteiger partial charge in [-0.1, -0.05) is 42.5 Å². The van der Waals surface area contributed by atoms with Crippen LogP contribution in [0.3, 0.4) is 0 Å². The van der Waals surface area contributed by atoms with Crippen LogP contribution in [0.25, 0.3) is 6.08 Å². The maximum atomic E-state index is 12.6. The van der Waals surface area contributed by atoms with Gasteiger partial charge in [0.15, 0.2) is 0 Å². The molecule has 0 spiro atoms. The molecule has 148 valence electrons. The Hall–Kier alpha value is -2.64. The van der Waals surface area contributed by atoms with Crippen molar-refractivity contribution in [2.45, 2.75) is 12.8 Å². The van der Waals surface area contributed by atoms with E-state index in [4.69, 9.17) is 4.74 Å². The standard InChI is InChI=1S/C21H24N2O4S/c1-27-20-10-6-5-9-19(20)22-21(24)18-11-14-23(15-12-18)28(25,26)16-13-17-7-3-2-4-8-17/h2-10,13,16,18H,11-12,14-15H2,1H3,(H,22,24)/b16-13+. The summed E-state index contributed by atoms with van der Waals surface area (Å²) in [6.07, 6.45) is 2.56. The SMILES string of the molecule is COc1ccccc1NC(=O)C1CCN(S(=O)(=O)/C=C/c2ccccc2)CC1. The summed E-state index contributed by atoms with van der Waals surface area (Å²) >= 11 is 0. The number of hydrogen-bond donors (Lipinski definition) is 1. The second-order valence-corrected chi connectivity index (χ2v) is 8.44. The number of carbonyl (C=O) groups is 1. The first-order valence-corrected chi connectivity index (χ1v) is 10.7. The Labute approximate surface area is 165 Å². The number of sulfonamides is 1. The minimum absolute atomic E-state index is 0.110. The van der Waals surface area contributed by atoms with Crippen molar-refractivity contribution >= 4 is 27.7 Å². The molecule has 3 rings (SSSR count). The van der Waals surface area contributed by atoms with Crippen molar-refractivity contribution in [1.82, 2.24) is 4.31 Å². The highest BCUT2D eigenvalue weighted by Gasteiger charge is 2.30. The molecule has 2 aromatic carbocycles. The average Bonchev–Trinajstić information content (AvgIpc) is 2.73. The van der Waals surface area contributed by atoms with Gasteiger partial charge in [0.1, 0.15) is 5.75 Å². The second-order valence-electron chi connectivity index (χ2n) is 6.62. The van der Waals surface area contributed by atoms with E-state index in [1.807, 2.05) is 42.5 Å². The highest BCUT2D eigenvalue weighted by atomic mass is 32.2. The van der Waals surface area contributed by atoms with E-state index < -0.39 is 10.0 Å². The van der Waals surface area contributed by atoms with E-state index >= 15 is 0 Å². The molecule has 1 aliphatic heterocycles. The number of para-hydroxylation sites is 2. The van der Waals surface area contributed by atoms with Gasteiger partial charge in [0, 0.05) is 24.4 Å². The summed E-state index contributed by atoms with van der Waals surface area (Å²) < 4.78 is 31.7. The van der Waals surface area contributed by atoms with E-state index in [0.29, 0.717) is 37.4 Å². The van der Waals surface area contributed by atoms with Crippen molar-refractivity contribution in [2.75, 3.05) is 25.5 Å². The third-order valence-corrected chi connectivity index (χ3v) is 6.35. The molecule has 1 amide bonds. The van der Waals surface area contributed by atoms with Gasteiger partial charge in [0.05, 0.1) is 12.8 Å². The quantitative estimate of drug-likeness (QED) is 0.807. The second kappa shape index (κ2) is 9.03. The van der Waals surface area contributed by atoms with E-state index in [2.05, 4.69) is 5.32 Å². The summed E-state index contributed by atoms with van der Waals surface area (Å²) in [6.45, 7) is 0.650. The number of nitrogens with zero attached hydrogens (tertiary/aromatic N) is 1. The van der Waals surface area contributed by atoms with Crippen LogP contribution in [0.15, 0.2) is 60.0 Å². The highest BCUT2D eigenvalue weighted by molar-refractivity contribution is 7.92. The molecule has 6 nitrogen and oxygen atoms in total. The molecule has 1 heterocycles. The predicted octanol–water partition coefficient (Wildman–Crippen LogP) is 3.35. The number of nitrogens with one attached hydrogen (secondary N) is 1. The monoisotopic (exact) mass is 400 g/mol. The molecule has 28 heavy (non-hydrogen) atoms. The zero-order valence-electron chi connectivity index (χ0n) is 15.7. The summed E-state index contributed by atoms with van der Waals surface area (Å²) in [4.78, 5) is 12.6. The van der Waals surface area contributed by atoms with Gasteiger partial charge < -0.3 is 10.1 Å². The zero-order chi connectivity index (χ0) is 20.0. The maximum Gasteiger partial charge on any atom is 0.236 e. The Balaban J connectivity index is 1.57. The van der Waals surface area contributed by atoms with Crippen molar-refractivity contribution in [3.05, 3.63) is 65.6 Å². The Morgan fingerprint density at radius 3 is 2.39 bits per heavy atom. The first-order chi connectivity index (χ1) is 13.5. The van der Waals surface area contributed by atoms with Gasteiger partial charge in [-0.25, -0.2) is 8.42 Å². The van der Waals surface area contributed by atoms with Crippen LogP contribution < -0.4 is 10.1 Å². The fourth-order valence-corrected chi connectivity index (χ4v) is 4.39. The molecule has 1 fully saturated rings. The molecule has 1 N–H and O–H groups in total. The maximum absolute atomic E-state index is 12.6. The van der Waals surface area contributed by atoms with Gasteiger partial charge in [0.2, 0.25) is 15.9 Å². The van der Waals surface area contributed by atoms with Gasteiger partial charge in [0.25, 0.3) is 0 Å². The molecule has 1 saturated heterocycles. The molecule has 0 aliphatic carbocycles. The zero-order valence-corrected chi connectivity index (χ0v) is 16.6. The number of carbonyl (C=O) groups excluding carboxylic acids is 1. The molecule has 0 radical (unpaired) electrons. The third kappa shape index (κ3) is 4.99. The van der Waals surface area contributed by atoms with Gasteiger partial charge >= 0.3 is 0 Å². The molecule has 1 aliphatic rings. The Morgan fingerprint density at radius 1 is 1.07 bits per heavy atom. The molecule has 0 atom stereocenters. The first kappa shape index (κ1) is 20.1. The molecular weight excluding hydrogens is 376 g/mol. The number of anilines is 1. The predicted molar refractivity (Wildman–Crippen MR) is 110 cm³/mol. The molecule has 7 heteroatoms. The fourth-order valence-electron chi connectivity index (χ4n) is 3.17. The number of ether oxygens (including phenoxy) is 1. The van der Waals surface area contributed by atoms with Gasteiger partial charge in [-0.05, 0) is 36.6 Å². The van der Waals surface area contributed by atoms with E-state index in [9.17, 15) is 13.2 Å². The van der Waals surface area contributed by atoms with Crippen molar-refractivity contribution in [1.29, 1.82) is 0 Å². The fraction of sp³-hybridized carbons (Fsp3) is 0.286. The van der Waals surface area contributed by atoms with Crippen LogP contribution in [-0.4, -0.2) is 38.8 Å². The summed E-state index contributed by atoms with van der Waals surface area (Å²) in [7, 11) is -1.95. The molecular formula is C21H24N2O4S. The van der Waals surface area contributed by atoms with E-state index in [-0.39, 0.29) is 11.8 Å². The van der Waals surface area contributed by atoms with Crippen LogP contribution in [0.2, 0.25) is 0 Å². The molecule has 0 unspecified atom stereocenters. The number of benzene rings is 2. The summed E-state index contributed by atoms with van der Waals surface area (Å²) in [6, 6.07) is 16.5. The van der Waals surface area contributed by atoms with Crippen molar-refractivity contribution in [3.63, 3.8) is 0 Å². The third-order valence-electron chi connectivity index (χ3n) is 4.78. The van der Waals surface area contributed by atoms with Gasteiger partial charge in [-0.3, -0.25) is 4.79 Å². The lowest BCUT2D eigenvalue weighted by Crippen LogP contribution is -2.40. The Kier molecular flexibility index (Phi) is 6.49. The van der Waals surface area contributed by atoms with Crippen molar-refractivity contribution < 1.29 is 17.9 Å². The average molecular weight is 401 g/mol.